The molecule has 0 saturated carbocycles. The summed E-state index contributed by atoms with van der Waals surface area (Å²) in [6, 6.07) is 1.61. The van der Waals surface area contributed by atoms with Crippen LogP contribution < -0.4 is 0 Å². The SMILES string of the molecule is CC(=O)N1[C@@H]2CC[C@H]1CN(C(C)C)C2. The molecule has 0 unspecified atom stereocenters. The second-order valence-electron chi connectivity index (χ2n) is 4.86. The molecule has 0 N–H and O–H groups in total. The third-order valence-corrected chi connectivity index (χ3v) is 3.60. The molecular weight excluding hydrogens is 176 g/mol. The van der Waals surface area contributed by atoms with Crippen molar-refractivity contribution < 1.29 is 4.79 Å². The Morgan fingerprint density at radius 3 is 2.07 bits per heavy atom. The van der Waals surface area contributed by atoms with Gasteiger partial charge in [-0.1, -0.05) is 0 Å². The molecule has 2 atom stereocenters. The molecule has 2 fully saturated rings. The fraction of sp³-hybridized carbons (Fsp3) is 0.909. The van der Waals surface area contributed by atoms with Gasteiger partial charge >= 0.3 is 0 Å². The van der Waals surface area contributed by atoms with Crippen LogP contribution in [0.2, 0.25) is 0 Å². The van der Waals surface area contributed by atoms with Crippen molar-refractivity contribution in [3.8, 4) is 0 Å². The summed E-state index contributed by atoms with van der Waals surface area (Å²) in [7, 11) is 0. The number of nitrogens with zero attached hydrogens (tertiary/aromatic N) is 2. The average Bonchev–Trinajstić information content (AvgIpc) is 2.37. The smallest absolute Gasteiger partial charge is 0.220 e. The summed E-state index contributed by atoms with van der Waals surface area (Å²) < 4.78 is 0. The van der Waals surface area contributed by atoms with Gasteiger partial charge in [0, 0.05) is 38.1 Å². The fourth-order valence-corrected chi connectivity index (χ4v) is 2.87. The number of hydrogen-bond acceptors (Lipinski definition) is 2. The van der Waals surface area contributed by atoms with Crippen LogP contribution in [-0.2, 0) is 4.79 Å². The van der Waals surface area contributed by atoms with Gasteiger partial charge in [0.25, 0.3) is 0 Å². The number of hydrogen-bond donors (Lipinski definition) is 0. The van der Waals surface area contributed by atoms with Gasteiger partial charge in [0.05, 0.1) is 0 Å². The highest BCUT2D eigenvalue weighted by Gasteiger charge is 2.41. The van der Waals surface area contributed by atoms with Crippen molar-refractivity contribution in [2.45, 2.75) is 51.7 Å². The van der Waals surface area contributed by atoms with E-state index in [9.17, 15) is 4.79 Å². The van der Waals surface area contributed by atoms with Crippen molar-refractivity contribution in [2.75, 3.05) is 13.1 Å². The molecule has 0 spiro atoms. The van der Waals surface area contributed by atoms with Crippen molar-refractivity contribution in [1.29, 1.82) is 0 Å². The zero-order chi connectivity index (χ0) is 10.3. The summed E-state index contributed by atoms with van der Waals surface area (Å²) >= 11 is 0. The Morgan fingerprint density at radius 1 is 1.21 bits per heavy atom. The van der Waals surface area contributed by atoms with Crippen molar-refractivity contribution in [2.24, 2.45) is 0 Å². The van der Waals surface area contributed by atoms with Gasteiger partial charge in [0.15, 0.2) is 0 Å². The van der Waals surface area contributed by atoms with Gasteiger partial charge < -0.3 is 4.90 Å². The van der Waals surface area contributed by atoms with Crippen LogP contribution in [0.4, 0.5) is 0 Å². The summed E-state index contributed by atoms with van der Waals surface area (Å²) in [5.74, 6) is 0.265. The largest absolute Gasteiger partial charge is 0.334 e. The number of amides is 1. The summed E-state index contributed by atoms with van der Waals surface area (Å²) in [6.07, 6.45) is 2.40. The minimum atomic E-state index is 0.265. The van der Waals surface area contributed by atoms with Crippen molar-refractivity contribution in [3.05, 3.63) is 0 Å². The first-order valence-corrected chi connectivity index (χ1v) is 5.62. The number of fused-ring (bicyclic) bond motifs is 2. The molecule has 1 amide bonds. The normalized spacial score (nSPS) is 32.7. The molecular formula is C11H20N2O. The zero-order valence-electron chi connectivity index (χ0n) is 9.36. The molecule has 2 rings (SSSR count). The first-order valence-electron chi connectivity index (χ1n) is 5.62. The van der Waals surface area contributed by atoms with Crippen LogP contribution in [0.5, 0.6) is 0 Å². The fourth-order valence-electron chi connectivity index (χ4n) is 2.87. The molecule has 0 aromatic carbocycles. The Balaban J connectivity index is 2.08. The lowest BCUT2D eigenvalue weighted by molar-refractivity contribution is -0.134. The van der Waals surface area contributed by atoms with E-state index in [1.165, 1.54) is 12.8 Å². The molecule has 2 heterocycles. The van der Waals surface area contributed by atoms with Gasteiger partial charge in [-0.3, -0.25) is 9.69 Å². The van der Waals surface area contributed by atoms with Gasteiger partial charge in [-0.15, -0.1) is 0 Å². The van der Waals surface area contributed by atoms with Crippen LogP contribution in [0.25, 0.3) is 0 Å². The maximum Gasteiger partial charge on any atom is 0.220 e. The second kappa shape index (κ2) is 3.54. The third-order valence-electron chi connectivity index (χ3n) is 3.60. The minimum absolute atomic E-state index is 0.265. The van der Waals surface area contributed by atoms with Crippen molar-refractivity contribution in [3.63, 3.8) is 0 Å². The van der Waals surface area contributed by atoms with Gasteiger partial charge in [-0.25, -0.2) is 0 Å². The number of piperazine rings is 1. The lowest BCUT2D eigenvalue weighted by Gasteiger charge is -2.42. The predicted molar refractivity (Wildman–Crippen MR) is 56.0 cm³/mol. The summed E-state index contributed by atoms with van der Waals surface area (Å²) in [5.41, 5.74) is 0. The zero-order valence-corrected chi connectivity index (χ0v) is 9.36. The molecule has 2 saturated heterocycles. The minimum Gasteiger partial charge on any atom is -0.334 e. The first-order chi connectivity index (χ1) is 6.59. The van der Waals surface area contributed by atoms with Gasteiger partial charge in [-0.2, -0.15) is 0 Å². The molecule has 2 bridgehead atoms. The Bertz CT molecular complexity index is 225. The highest BCUT2D eigenvalue weighted by atomic mass is 16.2. The van der Waals surface area contributed by atoms with Gasteiger partial charge in [0.1, 0.15) is 0 Å². The third kappa shape index (κ3) is 1.54. The maximum absolute atomic E-state index is 11.4. The van der Waals surface area contributed by atoms with E-state index in [4.69, 9.17) is 0 Å². The Labute approximate surface area is 86.1 Å². The molecule has 0 radical (unpaired) electrons. The molecule has 3 nitrogen and oxygen atoms in total. The van der Waals surface area contributed by atoms with E-state index in [2.05, 4.69) is 23.6 Å². The molecule has 0 aliphatic carbocycles. The topological polar surface area (TPSA) is 23.6 Å². The molecule has 2 aliphatic rings. The number of rotatable bonds is 1. The highest BCUT2D eigenvalue weighted by Crippen LogP contribution is 2.30. The van der Waals surface area contributed by atoms with E-state index in [-0.39, 0.29) is 5.91 Å². The first kappa shape index (κ1) is 9.97. The van der Waals surface area contributed by atoms with E-state index in [1.54, 1.807) is 6.92 Å². The van der Waals surface area contributed by atoms with E-state index in [1.807, 2.05) is 0 Å². The number of carbonyl (C=O) groups is 1. The highest BCUT2D eigenvalue weighted by molar-refractivity contribution is 5.74. The standard InChI is InChI=1S/C11H20N2O/c1-8(2)12-6-10-4-5-11(7-12)13(10)9(3)14/h8,10-11H,4-7H2,1-3H3/t10-,11+. The van der Waals surface area contributed by atoms with Crippen LogP contribution in [0, 0.1) is 0 Å². The summed E-state index contributed by atoms with van der Waals surface area (Å²) in [5, 5.41) is 0. The molecule has 0 aromatic heterocycles. The Hall–Kier alpha value is -0.570. The average molecular weight is 196 g/mol. The Morgan fingerprint density at radius 2 is 1.71 bits per heavy atom. The van der Waals surface area contributed by atoms with Crippen LogP contribution in [0.1, 0.15) is 33.6 Å². The molecule has 14 heavy (non-hydrogen) atoms. The van der Waals surface area contributed by atoms with E-state index < -0.39 is 0 Å². The van der Waals surface area contributed by atoms with Crippen LogP contribution in [0.3, 0.4) is 0 Å². The number of carbonyl (C=O) groups excluding carboxylic acids is 1. The molecule has 80 valence electrons. The summed E-state index contributed by atoms with van der Waals surface area (Å²) in [6.45, 7) is 8.34. The van der Waals surface area contributed by atoms with Gasteiger partial charge in [0.2, 0.25) is 5.91 Å². The van der Waals surface area contributed by atoms with Crippen LogP contribution in [-0.4, -0.2) is 46.9 Å². The summed E-state index contributed by atoms with van der Waals surface area (Å²) in [4.78, 5) is 16.1. The molecule has 3 heteroatoms. The Kier molecular flexibility index (Phi) is 2.52. The van der Waals surface area contributed by atoms with E-state index >= 15 is 0 Å². The lowest BCUT2D eigenvalue weighted by Crippen LogP contribution is -2.56. The maximum atomic E-state index is 11.4. The molecule has 0 aromatic rings. The van der Waals surface area contributed by atoms with Crippen molar-refractivity contribution >= 4 is 5.91 Å². The predicted octanol–water partition coefficient (Wildman–Crippen LogP) is 1.09. The van der Waals surface area contributed by atoms with E-state index in [0.29, 0.717) is 18.1 Å². The quantitative estimate of drug-likeness (QED) is 0.627. The van der Waals surface area contributed by atoms with Crippen LogP contribution in [0.15, 0.2) is 0 Å². The van der Waals surface area contributed by atoms with Crippen molar-refractivity contribution in [1.82, 2.24) is 9.80 Å². The van der Waals surface area contributed by atoms with E-state index in [0.717, 1.165) is 13.1 Å². The van der Waals surface area contributed by atoms with Gasteiger partial charge in [-0.05, 0) is 26.7 Å². The molecule has 2 aliphatic heterocycles. The van der Waals surface area contributed by atoms with Crippen LogP contribution >= 0.6 is 0 Å². The second-order valence-corrected chi connectivity index (χ2v) is 4.86. The number of likely N-dealkylation sites (tertiary alicyclic amines) is 1. The lowest BCUT2D eigenvalue weighted by atomic mass is 10.1. The monoisotopic (exact) mass is 196 g/mol.